The number of rotatable bonds is 2. The van der Waals surface area contributed by atoms with Crippen molar-refractivity contribution in [1.29, 1.82) is 0 Å². The minimum atomic E-state index is -2.77. The van der Waals surface area contributed by atoms with E-state index in [9.17, 15) is 8.42 Å². The third kappa shape index (κ3) is 2.39. The lowest BCUT2D eigenvalue weighted by Gasteiger charge is -2.40. The van der Waals surface area contributed by atoms with Crippen LogP contribution in [0.3, 0.4) is 0 Å². The molecule has 2 aliphatic rings. The molecule has 2 heterocycles. The summed E-state index contributed by atoms with van der Waals surface area (Å²) >= 11 is 3.54. The minimum absolute atomic E-state index is 0.0713. The summed E-state index contributed by atoms with van der Waals surface area (Å²) in [6.07, 6.45) is 2.97. The van der Waals surface area contributed by atoms with Crippen LogP contribution in [-0.4, -0.2) is 38.5 Å². The molecule has 3 nitrogen and oxygen atoms in total. The maximum Gasteiger partial charge on any atom is 0.150 e. The highest BCUT2D eigenvalue weighted by atomic mass is 79.9. The zero-order valence-corrected chi connectivity index (χ0v) is 11.1. The van der Waals surface area contributed by atoms with Crippen LogP contribution in [0.1, 0.15) is 19.3 Å². The van der Waals surface area contributed by atoms with Gasteiger partial charge in [0.25, 0.3) is 0 Å². The summed E-state index contributed by atoms with van der Waals surface area (Å²) < 4.78 is 28.5. The van der Waals surface area contributed by atoms with Gasteiger partial charge in [0.15, 0.2) is 9.84 Å². The Bertz CT molecular complexity index is 320. The van der Waals surface area contributed by atoms with E-state index >= 15 is 0 Å². The molecular weight excluding hydrogens is 280 g/mol. The smallest absolute Gasteiger partial charge is 0.150 e. The summed E-state index contributed by atoms with van der Waals surface area (Å²) in [7, 11) is -2.77. The summed E-state index contributed by atoms with van der Waals surface area (Å²) in [6.45, 7) is 1.55. The van der Waals surface area contributed by atoms with E-state index in [1.807, 2.05) is 0 Å². The highest BCUT2D eigenvalue weighted by Gasteiger charge is 2.44. The molecule has 2 fully saturated rings. The van der Waals surface area contributed by atoms with Gasteiger partial charge >= 0.3 is 0 Å². The van der Waals surface area contributed by atoms with Gasteiger partial charge in [0.1, 0.15) is 0 Å². The molecule has 0 amide bonds. The first-order valence-corrected chi connectivity index (χ1v) is 8.36. The molecule has 0 radical (unpaired) electrons. The lowest BCUT2D eigenvalue weighted by atomic mass is 9.73. The molecule has 0 aromatic carbocycles. The van der Waals surface area contributed by atoms with Crippen LogP contribution in [0, 0.1) is 11.3 Å². The van der Waals surface area contributed by atoms with Gasteiger partial charge in [-0.25, -0.2) is 8.42 Å². The SMILES string of the molecule is O=S1(=O)CCC(C2(CBr)CCCOC2)C1. The van der Waals surface area contributed by atoms with Gasteiger partial charge in [-0.2, -0.15) is 0 Å². The van der Waals surface area contributed by atoms with E-state index in [0.717, 1.165) is 37.8 Å². The van der Waals surface area contributed by atoms with E-state index < -0.39 is 9.84 Å². The first-order chi connectivity index (χ1) is 7.08. The highest BCUT2D eigenvalue weighted by Crippen LogP contribution is 2.43. The Labute approximate surface area is 99.6 Å². The maximum absolute atomic E-state index is 11.5. The topological polar surface area (TPSA) is 43.4 Å². The van der Waals surface area contributed by atoms with E-state index in [-0.39, 0.29) is 5.41 Å². The summed E-state index contributed by atoms with van der Waals surface area (Å²) in [4.78, 5) is 0. The molecule has 0 aromatic rings. The molecule has 0 aromatic heterocycles. The third-order valence-corrected chi connectivity index (χ3v) is 6.60. The Morgan fingerprint density at radius 2 is 2.27 bits per heavy atom. The van der Waals surface area contributed by atoms with Gasteiger partial charge < -0.3 is 4.74 Å². The van der Waals surface area contributed by atoms with Crippen LogP contribution >= 0.6 is 15.9 Å². The van der Waals surface area contributed by atoms with Crippen molar-refractivity contribution in [2.24, 2.45) is 11.3 Å². The molecule has 88 valence electrons. The molecule has 2 aliphatic heterocycles. The minimum Gasteiger partial charge on any atom is -0.381 e. The molecule has 5 heteroatoms. The number of sulfone groups is 1. The van der Waals surface area contributed by atoms with Crippen molar-refractivity contribution < 1.29 is 13.2 Å². The van der Waals surface area contributed by atoms with Gasteiger partial charge in [-0.3, -0.25) is 0 Å². The normalized spacial score (nSPS) is 40.5. The second-order valence-electron chi connectivity index (χ2n) is 4.75. The van der Waals surface area contributed by atoms with E-state index in [4.69, 9.17) is 4.74 Å². The zero-order valence-electron chi connectivity index (χ0n) is 8.75. The number of hydrogen-bond donors (Lipinski definition) is 0. The van der Waals surface area contributed by atoms with Gasteiger partial charge in [-0.15, -0.1) is 0 Å². The van der Waals surface area contributed by atoms with Crippen molar-refractivity contribution in [2.75, 3.05) is 30.0 Å². The predicted octanol–water partition coefficient (Wildman–Crippen LogP) is 1.61. The van der Waals surface area contributed by atoms with Crippen molar-refractivity contribution in [1.82, 2.24) is 0 Å². The molecule has 2 rings (SSSR count). The van der Waals surface area contributed by atoms with Crippen LogP contribution in [0.25, 0.3) is 0 Å². The fourth-order valence-electron chi connectivity index (χ4n) is 2.69. The molecule has 2 atom stereocenters. The number of alkyl halides is 1. The largest absolute Gasteiger partial charge is 0.381 e. The Balaban J connectivity index is 2.13. The Morgan fingerprint density at radius 3 is 2.73 bits per heavy atom. The van der Waals surface area contributed by atoms with Gasteiger partial charge in [0, 0.05) is 17.4 Å². The summed E-state index contributed by atoms with van der Waals surface area (Å²) in [5, 5.41) is 0.861. The molecule has 0 bridgehead atoms. The molecular formula is C10H17BrO3S. The van der Waals surface area contributed by atoms with Crippen molar-refractivity contribution in [3.05, 3.63) is 0 Å². The predicted molar refractivity (Wildman–Crippen MR) is 63.0 cm³/mol. The Morgan fingerprint density at radius 1 is 1.47 bits per heavy atom. The van der Waals surface area contributed by atoms with Gasteiger partial charge in [-0.05, 0) is 25.2 Å². The van der Waals surface area contributed by atoms with Crippen molar-refractivity contribution in [3.63, 3.8) is 0 Å². The maximum atomic E-state index is 11.5. The highest BCUT2D eigenvalue weighted by molar-refractivity contribution is 9.09. The first kappa shape index (κ1) is 11.9. The van der Waals surface area contributed by atoms with Crippen LogP contribution < -0.4 is 0 Å². The first-order valence-electron chi connectivity index (χ1n) is 5.42. The second-order valence-corrected chi connectivity index (χ2v) is 7.54. The van der Waals surface area contributed by atoms with E-state index in [1.54, 1.807) is 0 Å². The molecule has 15 heavy (non-hydrogen) atoms. The summed E-state index contributed by atoms with van der Waals surface area (Å²) in [5.74, 6) is 1.02. The van der Waals surface area contributed by atoms with Crippen molar-refractivity contribution >= 4 is 25.8 Å². The fraction of sp³-hybridized carbons (Fsp3) is 1.00. The van der Waals surface area contributed by atoms with Crippen LogP contribution in [0.15, 0.2) is 0 Å². The summed E-state index contributed by atoms with van der Waals surface area (Å²) in [6, 6.07) is 0. The third-order valence-electron chi connectivity index (χ3n) is 3.72. The van der Waals surface area contributed by atoms with Gasteiger partial charge in [-0.1, -0.05) is 15.9 Å². The lowest BCUT2D eigenvalue weighted by Crippen LogP contribution is -2.41. The van der Waals surface area contributed by atoms with E-state index in [2.05, 4.69) is 15.9 Å². The number of ether oxygens (including phenoxy) is 1. The van der Waals surface area contributed by atoms with Gasteiger partial charge in [0.2, 0.25) is 0 Å². The fourth-order valence-corrected chi connectivity index (χ4v) is 5.53. The average Bonchev–Trinajstić information content (AvgIpc) is 2.60. The Kier molecular flexibility index (Phi) is 3.43. The number of halogens is 1. The molecule has 2 unspecified atom stereocenters. The monoisotopic (exact) mass is 296 g/mol. The summed E-state index contributed by atoms with van der Waals surface area (Å²) in [5.41, 5.74) is 0.0713. The van der Waals surface area contributed by atoms with Crippen LogP contribution in [0.4, 0.5) is 0 Å². The average molecular weight is 297 g/mol. The van der Waals surface area contributed by atoms with E-state index in [1.165, 1.54) is 0 Å². The quantitative estimate of drug-likeness (QED) is 0.727. The molecule has 2 saturated heterocycles. The lowest BCUT2D eigenvalue weighted by molar-refractivity contribution is -0.0214. The molecule has 0 spiro atoms. The molecule has 0 saturated carbocycles. The Hall–Kier alpha value is 0.390. The van der Waals surface area contributed by atoms with Crippen molar-refractivity contribution in [2.45, 2.75) is 19.3 Å². The second kappa shape index (κ2) is 4.34. The molecule has 0 aliphatic carbocycles. The zero-order chi connectivity index (χ0) is 10.9. The standard InChI is InChI=1S/C10H17BrO3S/c11-7-10(3-1-4-14-8-10)9-2-5-15(12,13)6-9/h9H,1-8H2. The van der Waals surface area contributed by atoms with E-state index in [0.29, 0.717) is 17.4 Å². The van der Waals surface area contributed by atoms with Crippen LogP contribution in [-0.2, 0) is 14.6 Å². The number of hydrogen-bond acceptors (Lipinski definition) is 3. The van der Waals surface area contributed by atoms with Gasteiger partial charge in [0.05, 0.1) is 18.1 Å². The van der Waals surface area contributed by atoms with Crippen LogP contribution in [0.5, 0.6) is 0 Å². The van der Waals surface area contributed by atoms with Crippen LogP contribution in [0.2, 0.25) is 0 Å². The molecule has 0 N–H and O–H groups in total. The van der Waals surface area contributed by atoms with Crippen molar-refractivity contribution in [3.8, 4) is 0 Å².